The summed E-state index contributed by atoms with van der Waals surface area (Å²) in [6, 6.07) is 7.93. The molecule has 2 N–H and O–H groups in total. The first-order valence-corrected chi connectivity index (χ1v) is 10.3. The van der Waals surface area contributed by atoms with E-state index in [0.29, 0.717) is 39.9 Å². The summed E-state index contributed by atoms with van der Waals surface area (Å²) in [5.74, 6) is -0.617. The highest BCUT2D eigenvalue weighted by Crippen LogP contribution is 2.31. The normalized spacial score (nSPS) is 11.5. The fourth-order valence-electron chi connectivity index (χ4n) is 3.36. The number of nitrogens with zero attached hydrogens (tertiary/aromatic N) is 3. The number of amides is 1. The number of fused-ring (bicyclic) bond motifs is 1. The molecular formula is C20H21Cl3N4O2. The molecule has 0 bridgehead atoms. The molecule has 0 fully saturated rings. The van der Waals surface area contributed by atoms with E-state index in [-0.39, 0.29) is 16.3 Å². The number of hydrogen-bond donors (Lipinski definition) is 1. The summed E-state index contributed by atoms with van der Waals surface area (Å²) in [6.45, 7) is 6.93. The summed E-state index contributed by atoms with van der Waals surface area (Å²) < 4.78 is 3.04. The van der Waals surface area contributed by atoms with Crippen molar-refractivity contribution >= 4 is 51.7 Å². The number of carbonyl (C=O) groups is 1. The number of benzene rings is 2. The molecule has 3 aromatic rings. The fourth-order valence-corrected chi connectivity index (χ4v) is 4.15. The van der Waals surface area contributed by atoms with Gasteiger partial charge in [-0.15, -0.1) is 0 Å². The van der Waals surface area contributed by atoms with Crippen LogP contribution in [0.4, 0.5) is 0 Å². The predicted octanol–water partition coefficient (Wildman–Crippen LogP) is 4.19. The number of nitrogens with two attached hydrogens (primary N) is 1. The summed E-state index contributed by atoms with van der Waals surface area (Å²) in [7, 11) is 0. The lowest BCUT2D eigenvalue weighted by molar-refractivity contribution is 0.100. The van der Waals surface area contributed by atoms with Gasteiger partial charge < -0.3 is 10.6 Å². The third kappa shape index (κ3) is 4.16. The zero-order valence-electron chi connectivity index (χ0n) is 16.1. The lowest BCUT2D eigenvalue weighted by atomic mass is 10.2. The quantitative estimate of drug-likeness (QED) is 0.580. The van der Waals surface area contributed by atoms with Crippen molar-refractivity contribution in [2.45, 2.75) is 20.4 Å². The van der Waals surface area contributed by atoms with Crippen LogP contribution in [0.5, 0.6) is 0 Å². The second-order valence-electron chi connectivity index (χ2n) is 6.58. The molecular weight excluding hydrogens is 435 g/mol. The van der Waals surface area contributed by atoms with Crippen LogP contribution in [0, 0.1) is 0 Å². The van der Waals surface area contributed by atoms with Gasteiger partial charge in [-0.1, -0.05) is 48.7 Å². The molecule has 1 heterocycles. The van der Waals surface area contributed by atoms with E-state index in [4.69, 9.17) is 40.5 Å². The third-order valence-electron chi connectivity index (χ3n) is 4.95. The van der Waals surface area contributed by atoms with E-state index < -0.39 is 5.91 Å². The van der Waals surface area contributed by atoms with Gasteiger partial charge in [-0.3, -0.25) is 13.9 Å². The Balaban J connectivity index is 2.30. The van der Waals surface area contributed by atoms with Gasteiger partial charge in [-0.25, -0.2) is 4.79 Å². The largest absolute Gasteiger partial charge is 0.366 e. The van der Waals surface area contributed by atoms with Crippen molar-refractivity contribution in [2.24, 2.45) is 5.73 Å². The molecule has 0 aliphatic carbocycles. The molecule has 0 unspecified atom stereocenters. The Hall–Kier alpha value is -1.99. The Morgan fingerprint density at radius 3 is 2.34 bits per heavy atom. The minimum atomic E-state index is -0.617. The van der Waals surface area contributed by atoms with E-state index in [1.807, 2.05) is 0 Å². The molecule has 29 heavy (non-hydrogen) atoms. The SMILES string of the molecule is CCN(CC)CCn1c(=O)n(-c2ccc(Cl)cc2Cl)c2c(Cl)cc(C(N)=O)cc21. The van der Waals surface area contributed by atoms with Crippen molar-refractivity contribution < 1.29 is 4.79 Å². The van der Waals surface area contributed by atoms with Crippen molar-refractivity contribution in [3.63, 3.8) is 0 Å². The lowest BCUT2D eigenvalue weighted by Gasteiger charge is -2.18. The Labute approximate surface area is 183 Å². The van der Waals surface area contributed by atoms with Crippen LogP contribution in [-0.2, 0) is 6.54 Å². The van der Waals surface area contributed by atoms with Crippen molar-refractivity contribution in [1.29, 1.82) is 0 Å². The van der Waals surface area contributed by atoms with E-state index in [2.05, 4.69) is 18.7 Å². The van der Waals surface area contributed by atoms with Crippen molar-refractivity contribution in [1.82, 2.24) is 14.0 Å². The molecule has 0 radical (unpaired) electrons. The summed E-state index contributed by atoms with van der Waals surface area (Å²) in [5.41, 5.74) is 6.82. The number of imidazole rings is 1. The number of likely N-dealkylation sites (N-methyl/N-ethyl adjacent to an activating group) is 1. The summed E-state index contributed by atoms with van der Waals surface area (Å²) in [5, 5.41) is 1.01. The Bertz CT molecular complexity index is 1130. The number of hydrogen-bond acceptors (Lipinski definition) is 3. The van der Waals surface area contributed by atoms with Crippen LogP contribution in [0.25, 0.3) is 16.7 Å². The first-order valence-electron chi connectivity index (χ1n) is 9.20. The van der Waals surface area contributed by atoms with Gasteiger partial charge in [0.2, 0.25) is 5.91 Å². The number of halogens is 3. The van der Waals surface area contributed by atoms with Gasteiger partial charge in [0.25, 0.3) is 0 Å². The van der Waals surface area contributed by atoms with Crippen LogP contribution in [0.15, 0.2) is 35.1 Å². The molecule has 0 aliphatic rings. The van der Waals surface area contributed by atoms with Gasteiger partial charge >= 0.3 is 5.69 Å². The molecule has 3 rings (SSSR count). The van der Waals surface area contributed by atoms with Gasteiger partial charge in [0, 0.05) is 23.7 Å². The zero-order chi connectivity index (χ0) is 21.3. The number of aromatic nitrogens is 2. The van der Waals surface area contributed by atoms with Gasteiger partial charge in [-0.05, 0) is 43.4 Å². The highest BCUT2D eigenvalue weighted by atomic mass is 35.5. The van der Waals surface area contributed by atoms with Gasteiger partial charge in [0.1, 0.15) is 0 Å². The maximum atomic E-state index is 13.4. The average molecular weight is 456 g/mol. The van der Waals surface area contributed by atoms with Gasteiger partial charge in [-0.2, -0.15) is 0 Å². The van der Waals surface area contributed by atoms with Crippen LogP contribution in [0.3, 0.4) is 0 Å². The van der Waals surface area contributed by atoms with E-state index in [0.717, 1.165) is 13.1 Å². The van der Waals surface area contributed by atoms with Crippen LogP contribution < -0.4 is 11.4 Å². The molecule has 0 atom stereocenters. The van der Waals surface area contributed by atoms with E-state index in [1.54, 1.807) is 28.8 Å². The van der Waals surface area contributed by atoms with E-state index in [9.17, 15) is 9.59 Å². The Morgan fingerprint density at radius 2 is 1.76 bits per heavy atom. The van der Waals surface area contributed by atoms with E-state index >= 15 is 0 Å². The molecule has 1 amide bonds. The predicted molar refractivity (Wildman–Crippen MR) is 119 cm³/mol. The summed E-state index contributed by atoms with van der Waals surface area (Å²) >= 11 is 18.9. The molecule has 0 saturated heterocycles. The third-order valence-corrected chi connectivity index (χ3v) is 5.78. The minimum Gasteiger partial charge on any atom is -0.366 e. The van der Waals surface area contributed by atoms with E-state index in [1.165, 1.54) is 10.6 Å². The Morgan fingerprint density at radius 1 is 1.07 bits per heavy atom. The molecule has 0 aliphatic heterocycles. The number of primary amides is 1. The fraction of sp³-hybridized carbons (Fsp3) is 0.300. The topological polar surface area (TPSA) is 73.3 Å². The first-order chi connectivity index (χ1) is 13.8. The highest BCUT2D eigenvalue weighted by molar-refractivity contribution is 6.37. The first kappa shape index (κ1) is 21.7. The van der Waals surface area contributed by atoms with Gasteiger partial charge in [0.15, 0.2) is 0 Å². The van der Waals surface area contributed by atoms with Gasteiger partial charge in [0.05, 0.1) is 26.8 Å². The van der Waals surface area contributed by atoms with Crippen molar-refractivity contribution in [3.8, 4) is 5.69 Å². The van der Waals surface area contributed by atoms with Crippen molar-refractivity contribution in [2.75, 3.05) is 19.6 Å². The molecule has 0 spiro atoms. The van der Waals surface area contributed by atoms with Crippen LogP contribution in [0.2, 0.25) is 15.1 Å². The maximum absolute atomic E-state index is 13.4. The monoisotopic (exact) mass is 454 g/mol. The standard InChI is InChI=1S/C20H21Cl3N4O2/c1-3-25(4-2)7-8-26-17-10-12(19(24)28)9-15(23)18(17)27(20(26)29)16-6-5-13(21)11-14(16)22/h5-6,9-11H,3-4,7-8H2,1-2H3,(H2,24,28). The minimum absolute atomic E-state index is 0.235. The molecule has 0 saturated carbocycles. The maximum Gasteiger partial charge on any atom is 0.333 e. The molecule has 154 valence electrons. The molecule has 6 nitrogen and oxygen atoms in total. The highest BCUT2D eigenvalue weighted by Gasteiger charge is 2.21. The zero-order valence-corrected chi connectivity index (χ0v) is 18.4. The number of rotatable bonds is 7. The summed E-state index contributed by atoms with van der Waals surface area (Å²) in [4.78, 5) is 27.3. The van der Waals surface area contributed by atoms with Crippen LogP contribution in [-0.4, -0.2) is 39.6 Å². The molecule has 1 aromatic heterocycles. The van der Waals surface area contributed by atoms with Crippen LogP contribution >= 0.6 is 34.8 Å². The Kier molecular flexibility index (Phi) is 6.58. The second kappa shape index (κ2) is 8.79. The summed E-state index contributed by atoms with van der Waals surface area (Å²) in [6.07, 6.45) is 0. The smallest absolute Gasteiger partial charge is 0.333 e. The molecule has 9 heteroatoms. The van der Waals surface area contributed by atoms with Crippen LogP contribution in [0.1, 0.15) is 24.2 Å². The lowest BCUT2D eigenvalue weighted by Crippen LogP contribution is -2.31. The average Bonchev–Trinajstić information content (AvgIpc) is 2.95. The number of carbonyl (C=O) groups excluding carboxylic acids is 1. The molecule has 2 aromatic carbocycles. The van der Waals surface area contributed by atoms with Crippen molar-refractivity contribution in [3.05, 3.63) is 61.4 Å². The second-order valence-corrected chi connectivity index (χ2v) is 7.83.